The monoisotopic (exact) mass is 384 g/mol. The molecule has 6 nitrogen and oxygen atoms in total. The van der Waals surface area contributed by atoms with Crippen molar-refractivity contribution in [1.29, 1.82) is 0 Å². The van der Waals surface area contributed by atoms with E-state index >= 15 is 0 Å². The Morgan fingerprint density at radius 2 is 1.75 bits per heavy atom. The van der Waals surface area contributed by atoms with Gasteiger partial charge in [0.05, 0.1) is 13.1 Å². The second-order valence-electron chi connectivity index (χ2n) is 4.98. The third kappa shape index (κ3) is 7.39. The Hall–Kier alpha value is -1.48. The molecular formula is C14H20Cl2F2N4O2. The van der Waals surface area contributed by atoms with E-state index in [9.17, 15) is 18.4 Å². The number of benzene rings is 1. The molecule has 1 aliphatic rings. The topological polar surface area (TPSA) is 73.5 Å². The van der Waals surface area contributed by atoms with Crippen LogP contribution in [0, 0.1) is 11.6 Å². The fraction of sp³-hybridized carbons (Fsp3) is 0.429. The van der Waals surface area contributed by atoms with Crippen molar-refractivity contribution in [3.8, 4) is 0 Å². The van der Waals surface area contributed by atoms with Crippen LogP contribution >= 0.6 is 24.8 Å². The highest BCUT2D eigenvalue weighted by Crippen LogP contribution is 2.12. The second-order valence-corrected chi connectivity index (χ2v) is 4.98. The molecule has 1 aliphatic heterocycles. The Kier molecular flexibility index (Phi) is 10.5. The first-order valence-electron chi connectivity index (χ1n) is 6.99. The second kappa shape index (κ2) is 11.1. The molecule has 1 aromatic rings. The van der Waals surface area contributed by atoms with Gasteiger partial charge in [-0.3, -0.25) is 14.5 Å². The van der Waals surface area contributed by atoms with Gasteiger partial charge in [0, 0.05) is 37.9 Å². The van der Waals surface area contributed by atoms with E-state index in [0.717, 1.165) is 38.3 Å². The Morgan fingerprint density at radius 1 is 1.08 bits per heavy atom. The number of hydrogen-bond donors (Lipinski definition) is 3. The lowest BCUT2D eigenvalue weighted by Gasteiger charge is -2.26. The van der Waals surface area contributed by atoms with Gasteiger partial charge in [-0.15, -0.1) is 24.8 Å². The summed E-state index contributed by atoms with van der Waals surface area (Å²) in [6.07, 6.45) is 0. The van der Waals surface area contributed by atoms with Crippen molar-refractivity contribution in [2.75, 3.05) is 44.6 Å². The normalized spacial score (nSPS) is 14.1. The standard InChI is InChI=1S/C14H18F2N4O2.2ClH/c15-11-2-1-10(7-12(11)16)19-13(21)8-18-14(22)9-20-5-3-17-4-6-20;;/h1-2,7,17H,3-6,8-9H2,(H,18,22)(H,19,21);2*1H. The number of carbonyl (C=O) groups is 2. The SMILES string of the molecule is Cl.Cl.O=C(CN1CCNCC1)NCC(=O)Nc1ccc(F)c(F)c1. The maximum atomic E-state index is 13.0. The van der Waals surface area contributed by atoms with Crippen LogP contribution in [0.3, 0.4) is 0 Å². The van der Waals surface area contributed by atoms with E-state index in [1.54, 1.807) is 0 Å². The summed E-state index contributed by atoms with van der Waals surface area (Å²) in [6, 6.07) is 3.06. The summed E-state index contributed by atoms with van der Waals surface area (Å²) in [5.74, 6) is -2.77. The van der Waals surface area contributed by atoms with Crippen molar-refractivity contribution in [3.05, 3.63) is 29.8 Å². The number of carbonyl (C=O) groups excluding carboxylic acids is 2. The van der Waals surface area contributed by atoms with Gasteiger partial charge in [0.1, 0.15) is 0 Å². The predicted molar refractivity (Wildman–Crippen MR) is 91.8 cm³/mol. The number of anilines is 1. The van der Waals surface area contributed by atoms with Crippen molar-refractivity contribution in [2.45, 2.75) is 0 Å². The van der Waals surface area contributed by atoms with Gasteiger partial charge >= 0.3 is 0 Å². The molecule has 1 fully saturated rings. The zero-order valence-electron chi connectivity index (χ0n) is 12.8. The summed E-state index contributed by atoms with van der Waals surface area (Å²) in [6.45, 7) is 3.26. The molecule has 0 saturated carbocycles. The molecule has 0 spiro atoms. The Labute approximate surface area is 151 Å². The first-order valence-corrected chi connectivity index (χ1v) is 6.99. The number of halogens is 4. The van der Waals surface area contributed by atoms with Crippen LogP contribution in [0.5, 0.6) is 0 Å². The van der Waals surface area contributed by atoms with Gasteiger partial charge in [-0.25, -0.2) is 8.78 Å². The number of nitrogens with zero attached hydrogens (tertiary/aromatic N) is 1. The molecule has 2 amide bonds. The number of hydrogen-bond acceptors (Lipinski definition) is 4. The maximum absolute atomic E-state index is 13.0. The summed E-state index contributed by atoms with van der Waals surface area (Å²) in [4.78, 5) is 25.3. The molecular weight excluding hydrogens is 365 g/mol. The summed E-state index contributed by atoms with van der Waals surface area (Å²) < 4.78 is 25.8. The summed E-state index contributed by atoms with van der Waals surface area (Å²) in [5, 5.41) is 8.06. The van der Waals surface area contributed by atoms with E-state index < -0.39 is 17.5 Å². The average molecular weight is 385 g/mol. The minimum Gasteiger partial charge on any atom is -0.346 e. The molecule has 0 aromatic heterocycles. The fourth-order valence-electron chi connectivity index (χ4n) is 2.09. The van der Waals surface area contributed by atoms with E-state index in [0.29, 0.717) is 0 Å². The molecule has 0 aliphatic carbocycles. The van der Waals surface area contributed by atoms with Crippen LogP contribution in [0.2, 0.25) is 0 Å². The molecule has 0 radical (unpaired) electrons. The smallest absolute Gasteiger partial charge is 0.243 e. The van der Waals surface area contributed by atoms with Crippen molar-refractivity contribution in [3.63, 3.8) is 0 Å². The molecule has 3 N–H and O–H groups in total. The van der Waals surface area contributed by atoms with E-state index in [2.05, 4.69) is 16.0 Å². The van der Waals surface area contributed by atoms with E-state index in [1.165, 1.54) is 6.07 Å². The largest absolute Gasteiger partial charge is 0.346 e. The maximum Gasteiger partial charge on any atom is 0.243 e. The Morgan fingerprint density at radius 3 is 2.38 bits per heavy atom. The molecule has 1 saturated heterocycles. The highest BCUT2D eigenvalue weighted by atomic mass is 35.5. The van der Waals surface area contributed by atoms with Gasteiger partial charge in [-0.05, 0) is 12.1 Å². The van der Waals surface area contributed by atoms with Crippen LogP contribution in [-0.2, 0) is 9.59 Å². The van der Waals surface area contributed by atoms with E-state index in [1.807, 2.05) is 4.90 Å². The minimum atomic E-state index is -1.04. The zero-order valence-corrected chi connectivity index (χ0v) is 14.4. The van der Waals surface area contributed by atoms with Crippen LogP contribution in [0.25, 0.3) is 0 Å². The Bertz CT molecular complexity index is 558. The van der Waals surface area contributed by atoms with Crippen molar-refractivity contribution >= 4 is 42.3 Å². The van der Waals surface area contributed by atoms with Crippen LogP contribution in [0.4, 0.5) is 14.5 Å². The molecule has 0 unspecified atom stereocenters. The third-order valence-electron chi connectivity index (χ3n) is 3.23. The molecule has 1 heterocycles. The lowest BCUT2D eigenvalue weighted by molar-refractivity contribution is -0.125. The number of piperazine rings is 1. The molecule has 2 rings (SSSR count). The van der Waals surface area contributed by atoms with Gasteiger partial charge in [0.25, 0.3) is 0 Å². The average Bonchev–Trinajstić information content (AvgIpc) is 2.50. The summed E-state index contributed by atoms with van der Waals surface area (Å²) in [5.41, 5.74) is 0.139. The lowest BCUT2D eigenvalue weighted by Crippen LogP contribution is -2.48. The Balaban J connectivity index is 0.00000264. The van der Waals surface area contributed by atoms with Gasteiger partial charge in [-0.2, -0.15) is 0 Å². The molecule has 24 heavy (non-hydrogen) atoms. The molecule has 0 atom stereocenters. The number of nitrogens with one attached hydrogen (secondary N) is 3. The van der Waals surface area contributed by atoms with Crippen LogP contribution in [0.15, 0.2) is 18.2 Å². The fourth-order valence-corrected chi connectivity index (χ4v) is 2.09. The summed E-state index contributed by atoms with van der Waals surface area (Å²) in [7, 11) is 0. The molecule has 0 bridgehead atoms. The molecule has 10 heteroatoms. The van der Waals surface area contributed by atoms with Gasteiger partial charge in [0.15, 0.2) is 11.6 Å². The lowest BCUT2D eigenvalue weighted by atomic mass is 10.3. The van der Waals surface area contributed by atoms with Crippen LogP contribution in [-0.4, -0.2) is 56.0 Å². The quantitative estimate of drug-likeness (QED) is 0.700. The number of amides is 2. The first-order chi connectivity index (χ1) is 10.5. The summed E-state index contributed by atoms with van der Waals surface area (Å²) >= 11 is 0. The van der Waals surface area contributed by atoms with Crippen LogP contribution in [0.1, 0.15) is 0 Å². The molecule has 136 valence electrons. The van der Waals surface area contributed by atoms with E-state index in [-0.39, 0.29) is 49.5 Å². The number of rotatable bonds is 5. The van der Waals surface area contributed by atoms with Crippen molar-refractivity contribution < 1.29 is 18.4 Å². The van der Waals surface area contributed by atoms with Crippen molar-refractivity contribution in [2.24, 2.45) is 0 Å². The van der Waals surface area contributed by atoms with E-state index in [4.69, 9.17) is 0 Å². The predicted octanol–water partition coefficient (Wildman–Crippen LogP) is 0.768. The minimum absolute atomic E-state index is 0. The van der Waals surface area contributed by atoms with Gasteiger partial charge < -0.3 is 16.0 Å². The highest BCUT2D eigenvalue weighted by molar-refractivity contribution is 5.94. The van der Waals surface area contributed by atoms with Gasteiger partial charge in [0.2, 0.25) is 11.8 Å². The van der Waals surface area contributed by atoms with Crippen LogP contribution < -0.4 is 16.0 Å². The first kappa shape index (κ1) is 22.5. The highest BCUT2D eigenvalue weighted by Gasteiger charge is 2.14. The van der Waals surface area contributed by atoms with Crippen molar-refractivity contribution in [1.82, 2.24) is 15.5 Å². The van der Waals surface area contributed by atoms with Gasteiger partial charge in [-0.1, -0.05) is 0 Å². The molecule has 1 aromatic carbocycles. The zero-order chi connectivity index (χ0) is 15.9. The third-order valence-corrected chi connectivity index (χ3v) is 3.23.